The summed E-state index contributed by atoms with van der Waals surface area (Å²) in [5.74, 6) is -5.20. The number of pyridine rings is 1. The van der Waals surface area contributed by atoms with Crippen LogP contribution in [0, 0.1) is 0 Å². The van der Waals surface area contributed by atoms with Crippen molar-refractivity contribution in [1.82, 2.24) is 4.98 Å². The summed E-state index contributed by atoms with van der Waals surface area (Å²) < 4.78 is 4.50. The molecule has 2 aromatic heterocycles. The predicted molar refractivity (Wildman–Crippen MR) is 97.6 cm³/mol. The molecule has 0 aliphatic rings. The van der Waals surface area contributed by atoms with E-state index in [1.54, 1.807) is 0 Å². The number of furan rings is 1. The maximum atomic E-state index is 10.4. The molecule has 12 heteroatoms. The van der Waals surface area contributed by atoms with E-state index in [-0.39, 0.29) is 29.9 Å². The van der Waals surface area contributed by atoms with Crippen molar-refractivity contribution in [1.29, 1.82) is 0 Å². The van der Waals surface area contributed by atoms with Crippen molar-refractivity contribution in [3.8, 4) is 0 Å². The fraction of sp³-hybridized carbons (Fsp3) is 0.222. The second-order valence-corrected chi connectivity index (χ2v) is 5.32. The van der Waals surface area contributed by atoms with Crippen LogP contribution in [0.25, 0.3) is 0 Å². The zero-order valence-corrected chi connectivity index (χ0v) is 15.4. The van der Waals surface area contributed by atoms with Crippen LogP contribution in [-0.2, 0) is 9.59 Å². The molecular formula is C18H19NO11. The van der Waals surface area contributed by atoms with Crippen LogP contribution < -0.4 is 0 Å². The Labute approximate surface area is 169 Å². The summed E-state index contributed by atoms with van der Waals surface area (Å²) in [6, 6.07) is 5.16. The van der Waals surface area contributed by atoms with Crippen LogP contribution in [0.5, 0.6) is 0 Å². The average Bonchev–Trinajstić information content (AvgIpc) is 3.21. The van der Waals surface area contributed by atoms with Gasteiger partial charge in [-0.3, -0.25) is 9.59 Å². The number of nitrogens with zero attached hydrogens (tertiary/aromatic N) is 1. The molecule has 0 unspecified atom stereocenters. The Bertz CT molecular complexity index is 814. The number of carboxylic acid groups (broad SMARTS) is 5. The quantitative estimate of drug-likeness (QED) is 0.385. The van der Waals surface area contributed by atoms with Crippen molar-refractivity contribution in [2.24, 2.45) is 0 Å². The van der Waals surface area contributed by atoms with Crippen molar-refractivity contribution in [2.45, 2.75) is 25.7 Å². The summed E-state index contributed by atoms with van der Waals surface area (Å²) >= 11 is 0. The van der Waals surface area contributed by atoms with Crippen LogP contribution in [-0.4, -0.2) is 60.4 Å². The van der Waals surface area contributed by atoms with Gasteiger partial charge in [0.25, 0.3) is 0 Å². The Morgan fingerprint density at radius 1 is 0.800 bits per heavy atom. The van der Waals surface area contributed by atoms with Crippen LogP contribution in [0.4, 0.5) is 0 Å². The lowest BCUT2D eigenvalue weighted by molar-refractivity contribution is -0.139. The number of rotatable bonds is 8. The van der Waals surface area contributed by atoms with Gasteiger partial charge in [0.05, 0.1) is 11.8 Å². The first-order chi connectivity index (χ1) is 14.0. The van der Waals surface area contributed by atoms with Crippen molar-refractivity contribution in [2.75, 3.05) is 0 Å². The van der Waals surface area contributed by atoms with Crippen LogP contribution in [0.2, 0.25) is 0 Å². The van der Waals surface area contributed by atoms with Gasteiger partial charge in [-0.1, -0.05) is 0 Å². The van der Waals surface area contributed by atoms with Crippen LogP contribution in [0.15, 0.2) is 41.1 Å². The maximum Gasteiger partial charge on any atom is 0.371 e. The van der Waals surface area contributed by atoms with E-state index in [1.807, 2.05) is 0 Å². The molecule has 162 valence electrons. The van der Waals surface area contributed by atoms with E-state index in [4.69, 9.17) is 25.5 Å². The molecule has 2 rings (SSSR count). The zero-order valence-electron chi connectivity index (χ0n) is 15.4. The van der Waals surface area contributed by atoms with E-state index in [0.717, 1.165) is 12.3 Å². The minimum absolute atomic E-state index is 0.0231. The molecule has 5 N–H and O–H groups in total. The highest BCUT2D eigenvalue weighted by atomic mass is 16.4. The Hall–Kier alpha value is -4.22. The molecule has 30 heavy (non-hydrogen) atoms. The number of aromatic carboxylic acids is 3. The number of carboxylic acids is 5. The number of aromatic nitrogens is 1. The lowest BCUT2D eigenvalue weighted by Crippen LogP contribution is -2.03. The molecule has 0 aromatic carbocycles. The summed E-state index contributed by atoms with van der Waals surface area (Å²) in [4.78, 5) is 53.9. The standard InChI is InChI=1S/C7H5NO4.C6H10O4.C5H4O3/c9-6(10)4-1-2-8-5(3-4)7(11)12;7-5(8)3-1-2-4-6(9)10;6-5(7)4-2-1-3-8-4/h1-3H,(H,9,10)(H,11,12);1-4H2,(H,7,8)(H,9,10);1-3H,(H,6,7). The van der Waals surface area contributed by atoms with Gasteiger partial charge in [0.2, 0.25) is 5.76 Å². The molecule has 0 amide bonds. The lowest BCUT2D eigenvalue weighted by atomic mass is 10.2. The van der Waals surface area contributed by atoms with E-state index in [1.165, 1.54) is 24.5 Å². The van der Waals surface area contributed by atoms with E-state index in [0.29, 0.717) is 12.8 Å². The van der Waals surface area contributed by atoms with Crippen molar-refractivity contribution in [3.63, 3.8) is 0 Å². The SMILES string of the molecule is O=C(O)CCCCC(=O)O.O=C(O)c1ccco1.O=C(O)c1ccnc(C(=O)O)c1. The molecule has 0 bridgehead atoms. The topological polar surface area (TPSA) is 213 Å². The molecule has 0 spiro atoms. The van der Waals surface area contributed by atoms with Gasteiger partial charge in [-0.2, -0.15) is 0 Å². The van der Waals surface area contributed by atoms with Crippen LogP contribution in [0.1, 0.15) is 57.1 Å². The van der Waals surface area contributed by atoms with Gasteiger partial charge < -0.3 is 29.9 Å². The normalized spacial score (nSPS) is 9.20. The summed E-state index contributed by atoms with van der Waals surface area (Å²) in [5.41, 5.74) is -0.350. The van der Waals surface area contributed by atoms with E-state index in [9.17, 15) is 24.0 Å². The van der Waals surface area contributed by atoms with Crippen molar-refractivity contribution in [3.05, 3.63) is 53.7 Å². The zero-order chi connectivity index (χ0) is 23.1. The number of hydrogen-bond acceptors (Lipinski definition) is 7. The average molecular weight is 425 g/mol. The van der Waals surface area contributed by atoms with Gasteiger partial charge >= 0.3 is 29.8 Å². The monoisotopic (exact) mass is 425 g/mol. The van der Waals surface area contributed by atoms with E-state index >= 15 is 0 Å². The molecule has 2 heterocycles. The molecule has 0 saturated carbocycles. The molecular weight excluding hydrogens is 406 g/mol. The summed E-state index contributed by atoms with van der Waals surface area (Å²) in [6.07, 6.45) is 3.49. The maximum absolute atomic E-state index is 10.4. The van der Waals surface area contributed by atoms with Gasteiger partial charge in [0.1, 0.15) is 5.69 Å². The Morgan fingerprint density at radius 3 is 1.70 bits per heavy atom. The summed E-state index contributed by atoms with van der Waals surface area (Å²) in [7, 11) is 0. The Kier molecular flexibility index (Phi) is 11.9. The molecule has 2 aromatic rings. The second-order valence-electron chi connectivity index (χ2n) is 5.32. The van der Waals surface area contributed by atoms with Gasteiger partial charge in [-0.25, -0.2) is 19.4 Å². The summed E-state index contributed by atoms with van der Waals surface area (Å²) in [6.45, 7) is 0. The minimum atomic E-state index is -1.24. The molecule has 12 nitrogen and oxygen atoms in total. The van der Waals surface area contributed by atoms with Gasteiger partial charge in [-0.05, 0) is 37.1 Å². The summed E-state index contributed by atoms with van der Waals surface area (Å²) in [5, 5.41) is 41.3. The number of carbonyl (C=O) groups is 5. The van der Waals surface area contributed by atoms with Crippen molar-refractivity contribution >= 4 is 29.8 Å². The number of unbranched alkanes of at least 4 members (excludes halogenated alkanes) is 1. The van der Waals surface area contributed by atoms with Crippen molar-refractivity contribution < 1.29 is 53.9 Å². The van der Waals surface area contributed by atoms with Crippen LogP contribution in [0.3, 0.4) is 0 Å². The first-order valence-corrected chi connectivity index (χ1v) is 8.17. The largest absolute Gasteiger partial charge is 0.481 e. The Morgan fingerprint density at radius 2 is 1.37 bits per heavy atom. The highest BCUT2D eigenvalue weighted by molar-refractivity contribution is 5.92. The molecule has 0 radical (unpaired) electrons. The highest BCUT2D eigenvalue weighted by Crippen LogP contribution is 2.01. The number of hydrogen-bond donors (Lipinski definition) is 5. The molecule has 0 aliphatic carbocycles. The molecule has 0 aliphatic heterocycles. The molecule has 0 fully saturated rings. The van der Waals surface area contributed by atoms with E-state index < -0.39 is 29.8 Å². The first kappa shape index (κ1) is 25.8. The third-order valence-electron chi connectivity index (χ3n) is 2.99. The lowest BCUT2D eigenvalue weighted by Gasteiger charge is -1.94. The first-order valence-electron chi connectivity index (χ1n) is 8.17. The third-order valence-corrected chi connectivity index (χ3v) is 2.99. The molecule has 0 saturated heterocycles. The van der Waals surface area contributed by atoms with Gasteiger partial charge in [-0.15, -0.1) is 0 Å². The minimum Gasteiger partial charge on any atom is -0.481 e. The number of aliphatic carboxylic acids is 2. The Balaban J connectivity index is 0.000000429. The van der Waals surface area contributed by atoms with Crippen LogP contribution >= 0.6 is 0 Å². The smallest absolute Gasteiger partial charge is 0.371 e. The predicted octanol–water partition coefficient (Wildman–Crippen LogP) is 2.17. The van der Waals surface area contributed by atoms with Gasteiger partial charge in [0, 0.05) is 19.0 Å². The molecule has 0 atom stereocenters. The van der Waals surface area contributed by atoms with Gasteiger partial charge in [0.15, 0.2) is 0 Å². The highest BCUT2D eigenvalue weighted by Gasteiger charge is 2.08. The fourth-order valence-corrected chi connectivity index (χ4v) is 1.63. The van der Waals surface area contributed by atoms with E-state index in [2.05, 4.69) is 9.40 Å². The third kappa shape index (κ3) is 12.2. The fourth-order valence-electron chi connectivity index (χ4n) is 1.63. The second kappa shape index (κ2) is 13.9.